The Bertz CT molecular complexity index is 494. The second-order valence-corrected chi connectivity index (χ2v) is 4.68. The molecule has 0 aliphatic carbocycles. The summed E-state index contributed by atoms with van der Waals surface area (Å²) in [6.45, 7) is 0.212. The first kappa shape index (κ1) is 13.6. The van der Waals surface area contributed by atoms with Crippen molar-refractivity contribution in [3.05, 3.63) is 65.7 Å². The fourth-order valence-corrected chi connectivity index (χ4v) is 2.35. The molecule has 0 radical (unpaired) electrons. The molecule has 1 N–H and O–H groups in total. The zero-order valence-electron chi connectivity index (χ0n) is 11.3. The van der Waals surface area contributed by atoms with Gasteiger partial charge in [-0.3, -0.25) is 0 Å². The minimum Gasteiger partial charge on any atom is -0.497 e. The Morgan fingerprint density at radius 2 is 1.84 bits per heavy atom. The van der Waals surface area contributed by atoms with Crippen LogP contribution in [-0.2, 0) is 6.42 Å². The van der Waals surface area contributed by atoms with Crippen molar-refractivity contribution in [1.29, 1.82) is 0 Å². The number of benzene rings is 2. The first-order valence-electron chi connectivity index (χ1n) is 6.62. The van der Waals surface area contributed by atoms with Gasteiger partial charge in [-0.15, -0.1) is 0 Å². The normalized spacial score (nSPS) is 12.1. The molecule has 0 bridgehead atoms. The van der Waals surface area contributed by atoms with Gasteiger partial charge in [-0.1, -0.05) is 42.5 Å². The number of aliphatic hydroxyl groups excluding tert-OH is 1. The molecule has 2 heteroatoms. The fraction of sp³-hybridized carbons (Fsp3) is 0.294. The van der Waals surface area contributed by atoms with Crippen LogP contribution in [0.25, 0.3) is 0 Å². The van der Waals surface area contributed by atoms with Crippen molar-refractivity contribution in [3.8, 4) is 5.75 Å². The minimum atomic E-state index is 0.212. The Morgan fingerprint density at radius 1 is 1.05 bits per heavy atom. The van der Waals surface area contributed by atoms with E-state index in [1.165, 1.54) is 11.1 Å². The van der Waals surface area contributed by atoms with Gasteiger partial charge in [0.15, 0.2) is 0 Å². The molecule has 0 spiro atoms. The summed E-state index contributed by atoms with van der Waals surface area (Å²) in [7, 11) is 1.68. The highest BCUT2D eigenvalue weighted by Gasteiger charge is 2.12. The summed E-state index contributed by atoms with van der Waals surface area (Å²) in [6, 6.07) is 18.5. The van der Waals surface area contributed by atoms with Gasteiger partial charge < -0.3 is 9.84 Å². The zero-order chi connectivity index (χ0) is 13.5. The van der Waals surface area contributed by atoms with Gasteiger partial charge in [-0.25, -0.2) is 0 Å². The molecule has 0 aliphatic heterocycles. The van der Waals surface area contributed by atoms with Gasteiger partial charge in [0.25, 0.3) is 0 Å². The van der Waals surface area contributed by atoms with Crippen molar-refractivity contribution < 1.29 is 9.84 Å². The fourth-order valence-electron chi connectivity index (χ4n) is 2.35. The third-order valence-corrected chi connectivity index (χ3v) is 3.36. The van der Waals surface area contributed by atoms with Crippen molar-refractivity contribution in [1.82, 2.24) is 0 Å². The van der Waals surface area contributed by atoms with E-state index in [9.17, 15) is 5.11 Å². The molecule has 1 atom stereocenters. The van der Waals surface area contributed by atoms with Crippen LogP contribution in [0.5, 0.6) is 5.75 Å². The van der Waals surface area contributed by atoms with Gasteiger partial charge in [0.2, 0.25) is 0 Å². The molecule has 2 rings (SSSR count). The van der Waals surface area contributed by atoms with Gasteiger partial charge in [-0.2, -0.15) is 0 Å². The molecule has 0 fully saturated rings. The molecule has 0 aromatic heterocycles. The van der Waals surface area contributed by atoms with E-state index in [2.05, 4.69) is 24.3 Å². The standard InChI is InChI=1S/C17H20O2/c1-19-17-9-5-6-14(13-17)12-16(10-11-18)15-7-3-2-4-8-15/h2-9,13,16,18H,10-12H2,1H3. The molecule has 0 saturated carbocycles. The number of hydrogen-bond acceptors (Lipinski definition) is 2. The van der Waals surface area contributed by atoms with Crippen molar-refractivity contribution in [2.24, 2.45) is 0 Å². The lowest BCUT2D eigenvalue weighted by molar-refractivity contribution is 0.275. The van der Waals surface area contributed by atoms with Crippen molar-refractivity contribution in [3.63, 3.8) is 0 Å². The molecule has 0 amide bonds. The van der Waals surface area contributed by atoms with Crippen LogP contribution in [0.1, 0.15) is 23.5 Å². The van der Waals surface area contributed by atoms with Gasteiger partial charge in [-0.05, 0) is 42.0 Å². The lowest BCUT2D eigenvalue weighted by atomic mass is 9.89. The molecule has 2 nitrogen and oxygen atoms in total. The summed E-state index contributed by atoms with van der Waals surface area (Å²) in [5.41, 5.74) is 2.51. The maximum absolute atomic E-state index is 9.25. The summed E-state index contributed by atoms with van der Waals surface area (Å²) in [4.78, 5) is 0. The summed E-state index contributed by atoms with van der Waals surface area (Å²) >= 11 is 0. The second kappa shape index (κ2) is 6.95. The van der Waals surface area contributed by atoms with Gasteiger partial charge >= 0.3 is 0 Å². The first-order valence-corrected chi connectivity index (χ1v) is 6.62. The van der Waals surface area contributed by atoms with Gasteiger partial charge in [0.1, 0.15) is 5.75 Å². The highest BCUT2D eigenvalue weighted by molar-refractivity contribution is 5.30. The Labute approximate surface area is 114 Å². The van der Waals surface area contributed by atoms with Gasteiger partial charge in [0.05, 0.1) is 7.11 Å². The third kappa shape index (κ3) is 3.83. The monoisotopic (exact) mass is 256 g/mol. The largest absolute Gasteiger partial charge is 0.497 e. The molecule has 0 saturated heterocycles. The lowest BCUT2D eigenvalue weighted by Gasteiger charge is -2.16. The highest BCUT2D eigenvalue weighted by atomic mass is 16.5. The van der Waals surface area contributed by atoms with E-state index < -0.39 is 0 Å². The summed E-state index contributed by atoms with van der Waals surface area (Å²) in [5, 5.41) is 9.25. The number of aliphatic hydroxyl groups is 1. The van der Waals surface area contributed by atoms with Crippen LogP contribution in [0, 0.1) is 0 Å². The molecule has 0 aliphatic rings. The van der Waals surface area contributed by atoms with Gasteiger partial charge in [0, 0.05) is 6.61 Å². The molecule has 2 aromatic carbocycles. The molecule has 19 heavy (non-hydrogen) atoms. The average molecular weight is 256 g/mol. The van der Waals surface area contributed by atoms with E-state index >= 15 is 0 Å². The highest BCUT2D eigenvalue weighted by Crippen LogP contribution is 2.25. The van der Waals surface area contributed by atoms with Crippen LogP contribution < -0.4 is 4.74 Å². The van der Waals surface area contributed by atoms with Crippen LogP contribution in [-0.4, -0.2) is 18.8 Å². The predicted octanol–water partition coefficient (Wildman–Crippen LogP) is 3.40. The second-order valence-electron chi connectivity index (χ2n) is 4.68. The summed E-state index contributed by atoms with van der Waals surface area (Å²) in [6.07, 6.45) is 1.70. The summed E-state index contributed by atoms with van der Waals surface area (Å²) < 4.78 is 5.25. The summed E-state index contributed by atoms with van der Waals surface area (Å²) in [5.74, 6) is 1.23. The van der Waals surface area contributed by atoms with Crippen LogP contribution in [0.2, 0.25) is 0 Å². The molecule has 2 aromatic rings. The SMILES string of the molecule is COc1cccc(CC(CCO)c2ccccc2)c1. The van der Waals surface area contributed by atoms with E-state index in [1.807, 2.05) is 30.3 Å². The lowest BCUT2D eigenvalue weighted by Crippen LogP contribution is -2.05. The number of rotatable bonds is 6. The minimum absolute atomic E-state index is 0.212. The maximum atomic E-state index is 9.25. The predicted molar refractivity (Wildman–Crippen MR) is 77.6 cm³/mol. The van der Waals surface area contributed by atoms with Crippen molar-refractivity contribution in [2.75, 3.05) is 13.7 Å². The topological polar surface area (TPSA) is 29.5 Å². The number of hydrogen-bond donors (Lipinski definition) is 1. The van der Waals surface area contributed by atoms with E-state index in [4.69, 9.17) is 4.74 Å². The molecular weight excluding hydrogens is 236 g/mol. The average Bonchev–Trinajstić information content (AvgIpc) is 2.48. The number of ether oxygens (including phenoxy) is 1. The first-order chi connectivity index (χ1) is 9.33. The van der Waals surface area contributed by atoms with Crippen molar-refractivity contribution in [2.45, 2.75) is 18.8 Å². The quantitative estimate of drug-likeness (QED) is 0.858. The van der Waals surface area contributed by atoms with Crippen LogP contribution >= 0.6 is 0 Å². The smallest absolute Gasteiger partial charge is 0.119 e. The molecule has 100 valence electrons. The van der Waals surface area contributed by atoms with E-state index in [0.717, 1.165) is 18.6 Å². The maximum Gasteiger partial charge on any atom is 0.119 e. The van der Waals surface area contributed by atoms with Crippen LogP contribution in [0.4, 0.5) is 0 Å². The zero-order valence-corrected chi connectivity index (χ0v) is 11.3. The van der Waals surface area contributed by atoms with E-state index in [0.29, 0.717) is 5.92 Å². The van der Waals surface area contributed by atoms with Crippen LogP contribution in [0.3, 0.4) is 0 Å². The Morgan fingerprint density at radius 3 is 2.53 bits per heavy atom. The molecule has 0 heterocycles. The molecular formula is C17H20O2. The Kier molecular flexibility index (Phi) is 4.99. The van der Waals surface area contributed by atoms with E-state index in [-0.39, 0.29) is 6.61 Å². The Balaban J connectivity index is 2.16. The van der Waals surface area contributed by atoms with Crippen molar-refractivity contribution >= 4 is 0 Å². The van der Waals surface area contributed by atoms with E-state index in [1.54, 1.807) is 7.11 Å². The van der Waals surface area contributed by atoms with Crippen LogP contribution in [0.15, 0.2) is 54.6 Å². The molecule has 1 unspecified atom stereocenters. The third-order valence-electron chi connectivity index (χ3n) is 3.36. The Hall–Kier alpha value is -1.80. The number of methoxy groups -OCH3 is 1.